The van der Waals surface area contributed by atoms with Crippen molar-refractivity contribution in [3.63, 3.8) is 0 Å². The van der Waals surface area contributed by atoms with Crippen LogP contribution in [0.2, 0.25) is 0 Å². The summed E-state index contributed by atoms with van der Waals surface area (Å²) < 4.78 is 5.19. The van der Waals surface area contributed by atoms with Gasteiger partial charge < -0.3 is 15.4 Å². The van der Waals surface area contributed by atoms with Gasteiger partial charge in [0, 0.05) is 48.0 Å². The van der Waals surface area contributed by atoms with Crippen LogP contribution in [0.25, 0.3) is 0 Å². The number of rotatable bonds is 11. The summed E-state index contributed by atoms with van der Waals surface area (Å²) in [5.41, 5.74) is 4.80. The van der Waals surface area contributed by atoms with E-state index in [2.05, 4.69) is 50.7 Å². The normalized spacial score (nSPS) is 14.2. The van der Waals surface area contributed by atoms with Gasteiger partial charge in [0.05, 0.1) is 20.0 Å². The second-order valence-corrected chi connectivity index (χ2v) is 10.6. The lowest BCUT2D eigenvalue weighted by Crippen LogP contribution is -2.25. The van der Waals surface area contributed by atoms with Gasteiger partial charge in [-0.05, 0) is 74.2 Å². The van der Waals surface area contributed by atoms with Crippen molar-refractivity contribution in [2.45, 2.75) is 65.2 Å². The number of para-hydroxylation sites is 1. The fourth-order valence-electron chi connectivity index (χ4n) is 4.88. The first kappa shape index (κ1) is 33.8. The molecule has 3 aromatic rings. The van der Waals surface area contributed by atoms with Crippen molar-refractivity contribution in [2.75, 3.05) is 19.5 Å². The number of nitrogens with zero attached hydrogens (tertiary/aromatic N) is 4. The van der Waals surface area contributed by atoms with Crippen molar-refractivity contribution in [2.24, 2.45) is 10.9 Å². The van der Waals surface area contributed by atoms with Gasteiger partial charge in [0.15, 0.2) is 5.82 Å². The monoisotopic (exact) mass is 596 g/mol. The summed E-state index contributed by atoms with van der Waals surface area (Å²) >= 11 is 0. The standard InChI is InChI=1S/C22H31N3O.C13H13N3O2/c1-4-17(2)20(25-22(26)16-19-12-8-9-15-24-19)13-14-21(23-3)18-10-6-5-7-11-18;1-18-11-6-3-2-5-10(11)9-13(17)15-12-7-4-8-14-16-12/h8-9,12-15,18H,4-7,10-11,16H2,1-3H3,(H,25,26);2-8H,9H2,1H3,(H,15,16,17)/b14-13-,20-17-,23-21?;. The summed E-state index contributed by atoms with van der Waals surface area (Å²) in [4.78, 5) is 33.0. The van der Waals surface area contributed by atoms with Crippen molar-refractivity contribution in [3.05, 3.63) is 102 Å². The molecule has 1 aromatic carbocycles. The first-order valence-corrected chi connectivity index (χ1v) is 15.2. The van der Waals surface area contributed by atoms with E-state index < -0.39 is 0 Å². The highest BCUT2D eigenvalue weighted by Gasteiger charge is 2.17. The van der Waals surface area contributed by atoms with E-state index in [0.717, 1.165) is 34.7 Å². The molecule has 2 heterocycles. The van der Waals surface area contributed by atoms with Crippen LogP contribution < -0.4 is 15.4 Å². The van der Waals surface area contributed by atoms with Gasteiger partial charge in [-0.3, -0.25) is 19.6 Å². The van der Waals surface area contributed by atoms with E-state index in [1.54, 1.807) is 31.6 Å². The van der Waals surface area contributed by atoms with Crippen LogP contribution in [-0.4, -0.2) is 46.9 Å². The first-order chi connectivity index (χ1) is 21.4. The lowest BCUT2D eigenvalue weighted by molar-refractivity contribution is -0.119. The van der Waals surface area contributed by atoms with Crippen LogP contribution in [0.3, 0.4) is 0 Å². The second kappa shape index (κ2) is 18.8. The zero-order valence-corrected chi connectivity index (χ0v) is 26.3. The Balaban J connectivity index is 0.000000257. The minimum atomic E-state index is -0.153. The van der Waals surface area contributed by atoms with Crippen LogP contribution in [0.15, 0.2) is 95.4 Å². The fraction of sp³-hybridized carbons (Fsp3) is 0.371. The zero-order chi connectivity index (χ0) is 31.6. The Labute approximate surface area is 261 Å². The number of pyridine rings is 1. The number of nitrogens with one attached hydrogen (secondary N) is 2. The maximum atomic E-state index is 12.4. The number of ether oxygens (including phenoxy) is 1. The molecule has 2 amide bonds. The molecule has 1 aliphatic rings. The van der Waals surface area contributed by atoms with Gasteiger partial charge >= 0.3 is 0 Å². The largest absolute Gasteiger partial charge is 0.496 e. The number of benzene rings is 1. The predicted octanol–water partition coefficient (Wildman–Crippen LogP) is 6.30. The molecule has 44 heavy (non-hydrogen) atoms. The smallest absolute Gasteiger partial charge is 0.230 e. The van der Waals surface area contributed by atoms with E-state index in [4.69, 9.17) is 4.74 Å². The molecular formula is C35H44N6O3. The summed E-state index contributed by atoms with van der Waals surface area (Å²) in [6.45, 7) is 4.16. The average Bonchev–Trinajstić information content (AvgIpc) is 3.06. The fourth-order valence-corrected chi connectivity index (χ4v) is 4.88. The Bertz CT molecular complexity index is 1410. The highest BCUT2D eigenvalue weighted by Crippen LogP contribution is 2.25. The molecule has 0 saturated heterocycles. The topological polar surface area (TPSA) is 118 Å². The predicted molar refractivity (Wildman–Crippen MR) is 176 cm³/mol. The van der Waals surface area contributed by atoms with Gasteiger partial charge in [0.25, 0.3) is 0 Å². The minimum absolute atomic E-state index is 0.0381. The molecule has 0 atom stereocenters. The van der Waals surface area contributed by atoms with Crippen molar-refractivity contribution >= 4 is 23.3 Å². The number of carbonyl (C=O) groups excluding carboxylic acids is 2. The number of hydrogen-bond acceptors (Lipinski definition) is 7. The van der Waals surface area contributed by atoms with E-state index in [0.29, 0.717) is 17.5 Å². The summed E-state index contributed by atoms with van der Waals surface area (Å²) in [7, 11) is 3.45. The molecule has 9 heteroatoms. The SMILES string of the molecule is CC/C(C)=C(/C=C\C(=NC)C1CCCCC1)NC(=O)Cc1ccccn1.COc1ccccc1CC(=O)Nc1cccnn1. The van der Waals surface area contributed by atoms with Gasteiger partial charge in [-0.25, -0.2) is 0 Å². The molecule has 2 N–H and O–H groups in total. The highest BCUT2D eigenvalue weighted by atomic mass is 16.5. The number of carbonyl (C=O) groups is 2. The van der Waals surface area contributed by atoms with Crippen LogP contribution in [0, 0.1) is 5.92 Å². The molecule has 0 radical (unpaired) electrons. The van der Waals surface area contributed by atoms with E-state index >= 15 is 0 Å². The Morgan fingerprint density at radius 2 is 1.73 bits per heavy atom. The van der Waals surface area contributed by atoms with Crippen molar-refractivity contribution < 1.29 is 14.3 Å². The molecule has 0 bridgehead atoms. The van der Waals surface area contributed by atoms with Crippen molar-refractivity contribution in [1.82, 2.24) is 20.5 Å². The summed E-state index contributed by atoms with van der Waals surface area (Å²) in [5.74, 6) is 1.51. The molecular weight excluding hydrogens is 552 g/mol. The third kappa shape index (κ3) is 11.6. The molecule has 0 aliphatic heterocycles. The first-order valence-electron chi connectivity index (χ1n) is 15.2. The molecule has 9 nitrogen and oxygen atoms in total. The Hall–Kier alpha value is -4.66. The van der Waals surface area contributed by atoms with Gasteiger partial charge in [0.2, 0.25) is 11.8 Å². The second-order valence-electron chi connectivity index (χ2n) is 10.6. The summed E-state index contributed by atoms with van der Waals surface area (Å²) in [6.07, 6.45) is 15.1. The number of amides is 2. The molecule has 2 aromatic heterocycles. The molecule has 0 unspecified atom stereocenters. The van der Waals surface area contributed by atoms with Crippen LogP contribution in [0.4, 0.5) is 5.82 Å². The van der Waals surface area contributed by atoms with E-state index in [1.165, 1.54) is 32.1 Å². The van der Waals surface area contributed by atoms with E-state index in [9.17, 15) is 9.59 Å². The Morgan fingerprint density at radius 1 is 0.955 bits per heavy atom. The number of anilines is 1. The molecule has 0 spiro atoms. The minimum Gasteiger partial charge on any atom is -0.496 e. The van der Waals surface area contributed by atoms with Gasteiger partial charge in [-0.1, -0.05) is 50.5 Å². The molecule has 1 saturated carbocycles. The maximum absolute atomic E-state index is 12.4. The molecule has 232 valence electrons. The molecule has 4 rings (SSSR count). The van der Waals surface area contributed by atoms with Crippen LogP contribution in [0.5, 0.6) is 5.75 Å². The average molecular weight is 597 g/mol. The summed E-state index contributed by atoms with van der Waals surface area (Å²) in [5, 5.41) is 13.2. The molecule has 1 aliphatic carbocycles. The number of hydrogen-bond donors (Lipinski definition) is 2. The lowest BCUT2D eigenvalue weighted by atomic mass is 9.85. The third-order valence-electron chi connectivity index (χ3n) is 7.42. The van der Waals surface area contributed by atoms with Gasteiger partial charge in [-0.15, -0.1) is 5.10 Å². The molecule has 1 fully saturated rings. The van der Waals surface area contributed by atoms with Crippen LogP contribution in [-0.2, 0) is 22.4 Å². The third-order valence-corrected chi connectivity index (χ3v) is 7.42. The summed E-state index contributed by atoms with van der Waals surface area (Å²) in [6, 6.07) is 16.4. The Kier molecular flexibility index (Phi) is 14.4. The zero-order valence-electron chi connectivity index (χ0n) is 26.3. The number of aromatic nitrogens is 3. The lowest BCUT2D eigenvalue weighted by Gasteiger charge is -2.21. The number of allylic oxidation sites excluding steroid dienone is 3. The maximum Gasteiger partial charge on any atom is 0.230 e. The van der Waals surface area contributed by atoms with Crippen LogP contribution >= 0.6 is 0 Å². The van der Waals surface area contributed by atoms with E-state index in [1.807, 2.05) is 55.6 Å². The quantitative estimate of drug-likeness (QED) is 0.198. The van der Waals surface area contributed by atoms with E-state index in [-0.39, 0.29) is 24.7 Å². The number of methoxy groups -OCH3 is 1. The highest BCUT2D eigenvalue weighted by molar-refractivity contribution is 5.97. The Morgan fingerprint density at radius 3 is 2.39 bits per heavy atom. The van der Waals surface area contributed by atoms with Gasteiger partial charge in [0.1, 0.15) is 5.75 Å². The van der Waals surface area contributed by atoms with Crippen molar-refractivity contribution in [1.29, 1.82) is 0 Å². The number of aliphatic imine (C=N–C) groups is 1. The van der Waals surface area contributed by atoms with Crippen molar-refractivity contribution in [3.8, 4) is 5.75 Å². The van der Waals surface area contributed by atoms with Gasteiger partial charge in [-0.2, -0.15) is 5.10 Å². The van der Waals surface area contributed by atoms with Crippen LogP contribution in [0.1, 0.15) is 63.6 Å².